The zero-order chi connectivity index (χ0) is 9.30. The highest BCUT2D eigenvalue weighted by Crippen LogP contribution is 2.18. The lowest BCUT2D eigenvalue weighted by Gasteiger charge is -2.05. The van der Waals surface area contributed by atoms with Crippen LogP contribution in [-0.2, 0) is 0 Å². The molecule has 0 heterocycles. The van der Waals surface area contributed by atoms with Crippen molar-refractivity contribution in [1.29, 1.82) is 0 Å². The first kappa shape index (κ1) is 8.71. The molecule has 0 spiro atoms. The van der Waals surface area contributed by atoms with Crippen LogP contribution in [0.2, 0.25) is 0 Å². The molecular weight excluding hydrogens is 157 g/mol. The standard InChI is InChI=1S/C9H10FNO/c1-5-3-7(10)4-8(11)9(5)6(2)12/h3-4H,11H2,1-2H3. The summed E-state index contributed by atoms with van der Waals surface area (Å²) in [5.74, 6) is -0.542. The molecule has 12 heavy (non-hydrogen) atoms. The molecule has 0 aliphatic carbocycles. The minimum absolute atomic E-state index is 0.134. The molecule has 0 amide bonds. The summed E-state index contributed by atoms with van der Waals surface area (Å²) in [5.41, 5.74) is 6.67. The van der Waals surface area contributed by atoms with Crippen molar-refractivity contribution in [3.05, 3.63) is 29.1 Å². The zero-order valence-electron chi connectivity index (χ0n) is 7.02. The van der Waals surface area contributed by atoms with Crippen LogP contribution in [-0.4, -0.2) is 5.78 Å². The van der Waals surface area contributed by atoms with Crippen molar-refractivity contribution >= 4 is 11.5 Å². The number of ketones is 1. The number of benzene rings is 1. The van der Waals surface area contributed by atoms with Crippen molar-refractivity contribution in [2.75, 3.05) is 5.73 Å². The van der Waals surface area contributed by atoms with Crippen LogP contribution >= 0.6 is 0 Å². The first-order valence-corrected chi connectivity index (χ1v) is 3.59. The Morgan fingerprint density at radius 1 is 1.50 bits per heavy atom. The number of aryl methyl sites for hydroxylation is 1. The number of carbonyl (C=O) groups excluding carboxylic acids is 1. The molecule has 0 bridgehead atoms. The van der Waals surface area contributed by atoms with Crippen molar-refractivity contribution in [1.82, 2.24) is 0 Å². The van der Waals surface area contributed by atoms with E-state index in [-0.39, 0.29) is 11.5 Å². The molecule has 2 N–H and O–H groups in total. The number of hydrogen-bond acceptors (Lipinski definition) is 2. The number of nitrogen functional groups attached to an aromatic ring is 1. The first-order valence-electron chi connectivity index (χ1n) is 3.59. The van der Waals surface area contributed by atoms with Gasteiger partial charge in [0.15, 0.2) is 5.78 Å². The summed E-state index contributed by atoms with van der Waals surface area (Å²) in [6.07, 6.45) is 0. The minimum atomic E-state index is -0.407. The Morgan fingerprint density at radius 3 is 2.50 bits per heavy atom. The molecule has 0 aliphatic heterocycles. The van der Waals surface area contributed by atoms with Gasteiger partial charge in [-0.15, -0.1) is 0 Å². The Labute approximate surface area is 70.2 Å². The fourth-order valence-electron chi connectivity index (χ4n) is 1.25. The van der Waals surface area contributed by atoms with Crippen molar-refractivity contribution in [3.8, 4) is 0 Å². The number of anilines is 1. The second-order valence-electron chi connectivity index (χ2n) is 2.74. The fraction of sp³-hybridized carbons (Fsp3) is 0.222. The van der Waals surface area contributed by atoms with Gasteiger partial charge in [-0.25, -0.2) is 4.39 Å². The van der Waals surface area contributed by atoms with Gasteiger partial charge in [0.25, 0.3) is 0 Å². The number of nitrogens with two attached hydrogens (primary N) is 1. The largest absolute Gasteiger partial charge is 0.398 e. The van der Waals surface area contributed by atoms with Gasteiger partial charge in [-0.2, -0.15) is 0 Å². The van der Waals surface area contributed by atoms with Gasteiger partial charge in [0.2, 0.25) is 0 Å². The van der Waals surface area contributed by atoms with Crippen molar-refractivity contribution in [2.24, 2.45) is 0 Å². The molecule has 0 aliphatic rings. The predicted octanol–water partition coefficient (Wildman–Crippen LogP) is 1.92. The third kappa shape index (κ3) is 1.44. The molecule has 3 heteroatoms. The molecule has 0 radical (unpaired) electrons. The molecule has 0 saturated heterocycles. The van der Waals surface area contributed by atoms with E-state index in [9.17, 15) is 9.18 Å². The number of hydrogen-bond donors (Lipinski definition) is 1. The molecule has 0 unspecified atom stereocenters. The molecule has 1 aromatic rings. The first-order chi connectivity index (χ1) is 5.52. The van der Waals surface area contributed by atoms with Crippen LogP contribution in [0.1, 0.15) is 22.8 Å². The normalized spacial score (nSPS) is 9.92. The van der Waals surface area contributed by atoms with E-state index in [0.717, 1.165) is 6.07 Å². The van der Waals surface area contributed by atoms with Gasteiger partial charge in [-0.1, -0.05) is 0 Å². The third-order valence-electron chi connectivity index (χ3n) is 1.68. The molecule has 1 aromatic carbocycles. The van der Waals surface area contributed by atoms with Gasteiger partial charge in [-0.3, -0.25) is 4.79 Å². The fourth-order valence-corrected chi connectivity index (χ4v) is 1.25. The SMILES string of the molecule is CC(=O)c1c(C)cc(F)cc1N. The van der Waals surface area contributed by atoms with Crippen LogP contribution in [0.5, 0.6) is 0 Å². The Bertz CT molecular complexity index is 310. The summed E-state index contributed by atoms with van der Waals surface area (Å²) in [5, 5.41) is 0. The summed E-state index contributed by atoms with van der Waals surface area (Å²) < 4.78 is 12.7. The smallest absolute Gasteiger partial charge is 0.162 e. The van der Waals surface area contributed by atoms with E-state index in [1.54, 1.807) is 6.92 Å². The summed E-state index contributed by atoms with van der Waals surface area (Å²) in [6.45, 7) is 3.08. The average Bonchev–Trinajstić information content (AvgIpc) is 1.82. The van der Waals surface area contributed by atoms with Gasteiger partial charge >= 0.3 is 0 Å². The quantitative estimate of drug-likeness (QED) is 0.513. The van der Waals surface area contributed by atoms with Gasteiger partial charge in [0.1, 0.15) is 5.82 Å². The second kappa shape index (κ2) is 2.93. The predicted molar refractivity (Wildman–Crippen MR) is 45.6 cm³/mol. The van der Waals surface area contributed by atoms with Crippen molar-refractivity contribution in [3.63, 3.8) is 0 Å². The summed E-state index contributed by atoms with van der Waals surface area (Å²) >= 11 is 0. The maximum atomic E-state index is 12.7. The number of halogens is 1. The van der Waals surface area contributed by atoms with Crippen LogP contribution in [0, 0.1) is 12.7 Å². The minimum Gasteiger partial charge on any atom is -0.398 e. The van der Waals surface area contributed by atoms with E-state index in [4.69, 9.17) is 5.73 Å². The van der Waals surface area contributed by atoms with E-state index in [1.165, 1.54) is 13.0 Å². The monoisotopic (exact) mass is 167 g/mol. The summed E-state index contributed by atoms with van der Waals surface area (Å²) in [7, 11) is 0. The third-order valence-corrected chi connectivity index (χ3v) is 1.68. The molecule has 1 rings (SSSR count). The van der Waals surface area contributed by atoms with Crippen LogP contribution in [0.25, 0.3) is 0 Å². The highest BCUT2D eigenvalue weighted by Gasteiger charge is 2.09. The number of rotatable bonds is 1. The lowest BCUT2D eigenvalue weighted by molar-refractivity contribution is 0.101. The number of Topliss-reactive ketones (excluding diaryl/α,β-unsaturated/α-hetero) is 1. The van der Waals surface area contributed by atoms with Crippen molar-refractivity contribution in [2.45, 2.75) is 13.8 Å². The zero-order valence-corrected chi connectivity index (χ0v) is 7.02. The van der Waals surface area contributed by atoms with E-state index < -0.39 is 5.82 Å². The Balaban J connectivity index is 3.38. The Morgan fingerprint density at radius 2 is 2.08 bits per heavy atom. The Hall–Kier alpha value is -1.38. The van der Waals surface area contributed by atoms with Crippen LogP contribution < -0.4 is 5.73 Å². The van der Waals surface area contributed by atoms with Gasteiger partial charge in [0.05, 0.1) is 0 Å². The molecular formula is C9H10FNO. The van der Waals surface area contributed by atoms with E-state index in [0.29, 0.717) is 11.1 Å². The van der Waals surface area contributed by atoms with Gasteiger partial charge in [-0.05, 0) is 31.5 Å². The Kier molecular flexibility index (Phi) is 2.13. The highest BCUT2D eigenvalue weighted by molar-refractivity contribution is 6.00. The molecule has 0 fully saturated rings. The van der Waals surface area contributed by atoms with Gasteiger partial charge < -0.3 is 5.73 Å². The molecule has 0 saturated carbocycles. The number of carbonyl (C=O) groups is 1. The topological polar surface area (TPSA) is 43.1 Å². The summed E-state index contributed by atoms with van der Waals surface area (Å²) in [4.78, 5) is 11.0. The van der Waals surface area contributed by atoms with E-state index >= 15 is 0 Å². The van der Waals surface area contributed by atoms with Crippen LogP contribution in [0.3, 0.4) is 0 Å². The summed E-state index contributed by atoms with van der Waals surface area (Å²) in [6, 6.07) is 2.46. The lowest BCUT2D eigenvalue weighted by atomic mass is 10.0. The molecule has 2 nitrogen and oxygen atoms in total. The maximum absolute atomic E-state index is 12.7. The molecule has 0 aromatic heterocycles. The molecule has 64 valence electrons. The highest BCUT2D eigenvalue weighted by atomic mass is 19.1. The van der Waals surface area contributed by atoms with Gasteiger partial charge in [0, 0.05) is 11.3 Å². The second-order valence-corrected chi connectivity index (χ2v) is 2.74. The van der Waals surface area contributed by atoms with Crippen molar-refractivity contribution < 1.29 is 9.18 Å². The van der Waals surface area contributed by atoms with E-state index in [2.05, 4.69) is 0 Å². The maximum Gasteiger partial charge on any atom is 0.162 e. The average molecular weight is 167 g/mol. The van der Waals surface area contributed by atoms with Crippen LogP contribution in [0.4, 0.5) is 10.1 Å². The lowest BCUT2D eigenvalue weighted by Crippen LogP contribution is -2.03. The molecule has 0 atom stereocenters. The van der Waals surface area contributed by atoms with E-state index in [1.807, 2.05) is 0 Å². The van der Waals surface area contributed by atoms with Crippen LogP contribution in [0.15, 0.2) is 12.1 Å².